The highest BCUT2D eigenvalue weighted by atomic mass is 79.9. The molecule has 19 heavy (non-hydrogen) atoms. The SMILES string of the molecule is Cc1cccc(CN(C)c2ccc(C=O)cc2Br)n1. The van der Waals surface area contributed by atoms with E-state index in [9.17, 15) is 4.79 Å². The zero-order valence-corrected chi connectivity index (χ0v) is 12.5. The van der Waals surface area contributed by atoms with Crippen LogP contribution in [0.2, 0.25) is 0 Å². The summed E-state index contributed by atoms with van der Waals surface area (Å²) in [5.41, 5.74) is 3.74. The number of carbonyl (C=O) groups excluding carboxylic acids is 1. The number of anilines is 1. The summed E-state index contributed by atoms with van der Waals surface area (Å²) in [6.07, 6.45) is 0.844. The molecule has 0 saturated carbocycles. The number of pyridine rings is 1. The van der Waals surface area contributed by atoms with E-state index in [-0.39, 0.29) is 0 Å². The van der Waals surface area contributed by atoms with Gasteiger partial charge in [-0.15, -0.1) is 0 Å². The maximum Gasteiger partial charge on any atom is 0.150 e. The van der Waals surface area contributed by atoms with Crippen LogP contribution in [0.4, 0.5) is 5.69 Å². The summed E-state index contributed by atoms with van der Waals surface area (Å²) in [7, 11) is 2.00. The number of benzene rings is 1. The van der Waals surface area contributed by atoms with Crippen LogP contribution < -0.4 is 4.90 Å². The number of carbonyl (C=O) groups is 1. The van der Waals surface area contributed by atoms with Crippen LogP contribution in [0, 0.1) is 6.92 Å². The Morgan fingerprint density at radius 2 is 2.11 bits per heavy atom. The van der Waals surface area contributed by atoms with Crippen molar-refractivity contribution in [3.05, 3.63) is 57.8 Å². The molecule has 2 aromatic rings. The molecule has 0 bridgehead atoms. The van der Waals surface area contributed by atoms with Gasteiger partial charge in [0.05, 0.1) is 17.9 Å². The number of halogens is 1. The van der Waals surface area contributed by atoms with Gasteiger partial charge in [-0.25, -0.2) is 0 Å². The second-order valence-electron chi connectivity index (χ2n) is 4.46. The molecule has 2 rings (SSSR count). The minimum atomic E-state index is 0.665. The first kappa shape index (κ1) is 13.7. The van der Waals surface area contributed by atoms with E-state index in [1.54, 1.807) is 0 Å². The van der Waals surface area contributed by atoms with Gasteiger partial charge in [-0.2, -0.15) is 0 Å². The van der Waals surface area contributed by atoms with Crippen LogP contribution in [0.1, 0.15) is 21.7 Å². The topological polar surface area (TPSA) is 33.2 Å². The second-order valence-corrected chi connectivity index (χ2v) is 5.31. The molecule has 0 fully saturated rings. The Morgan fingerprint density at radius 1 is 1.32 bits per heavy atom. The Hall–Kier alpha value is -1.68. The first-order chi connectivity index (χ1) is 9.10. The number of aldehydes is 1. The van der Waals surface area contributed by atoms with Crippen LogP contribution >= 0.6 is 15.9 Å². The summed E-state index contributed by atoms with van der Waals surface area (Å²) in [5, 5.41) is 0. The normalized spacial score (nSPS) is 10.3. The van der Waals surface area contributed by atoms with E-state index in [1.807, 2.05) is 50.4 Å². The lowest BCUT2D eigenvalue weighted by Gasteiger charge is -2.20. The molecular weight excluding hydrogens is 304 g/mol. The molecule has 0 saturated heterocycles. The summed E-state index contributed by atoms with van der Waals surface area (Å²) >= 11 is 3.50. The average molecular weight is 319 g/mol. The molecule has 0 atom stereocenters. The van der Waals surface area contributed by atoms with Crippen LogP contribution in [0.15, 0.2) is 40.9 Å². The minimum Gasteiger partial charge on any atom is -0.368 e. The van der Waals surface area contributed by atoms with Crippen molar-refractivity contribution in [1.29, 1.82) is 0 Å². The van der Waals surface area contributed by atoms with Crippen molar-refractivity contribution in [2.45, 2.75) is 13.5 Å². The fraction of sp³-hybridized carbons (Fsp3) is 0.200. The lowest BCUT2D eigenvalue weighted by molar-refractivity contribution is 0.112. The second kappa shape index (κ2) is 5.97. The number of rotatable bonds is 4. The largest absolute Gasteiger partial charge is 0.368 e. The van der Waals surface area contributed by atoms with Gasteiger partial charge in [0.2, 0.25) is 0 Å². The summed E-state index contributed by atoms with van der Waals surface area (Å²) in [6.45, 7) is 2.71. The van der Waals surface area contributed by atoms with E-state index in [0.29, 0.717) is 5.56 Å². The van der Waals surface area contributed by atoms with Crippen LogP contribution in [0.5, 0.6) is 0 Å². The number of aromatic nitrogens is 1. The quantitative estimate of drug-likeness (QED) is 0.807. The highest BCUT2D eigenvalue weighted by molar-refractivity contribution is 9.10. The summed E-state index contributed by atoms with van der Waals surface area (Å²) in [5.74, 6) is 0. The van der Waals surface area contributed by atoms with Gasteiger partial charge in [-0.3, -0.25) is 9.78 Å². The maximum atomic E-state index is 10.7. The Kier molecular flexibility index (Phi) is 4.32. The van der Waals surface area contributed by atoms with E-state index in [0.717, 1.165) is 34.4 Å². The van der Waals surface area contributed by atoms with E-state index in [1.165, 1.54) is 0 Å². The average Bonchev–Trinajstić information content (AvgIpc) is 2.38. The van der Waals surface area contributed by atoms with Crippen molar-refractivity contribution in [3.63, 3.8) is 0 Å². The maximum absolute atomic E-state index is 10.7. The molecule has 0 amide bonds. The van der Waals surface area contributed by atoms with Crippen LogP contribution in [-0.4, -0.2) is 18.3 Å². The summed E-state index contributed by atoms with van der Waals surface area (Å²) < 4.78 is 0.909. The first-order valence-electron chi connectivity index (χ1n) is 5.98. The van der Waals surface area contributed by atoms with Crippen molar-refractivity contribution in [2.24, 2.45) is 0 Å². The zero-order chi connectivity index (χ0) is 13.8. The van der Waals surface area contributed by atoms with Crippen LogP contribution in [0.25, 0.3) is 0 Å². The highest BCUT2D eigenvalue weighted by Crippen LogP contribution is 2.27. The third kappa shape index (κ3) is 3.41. The van der Waals surface area contributed by atoms with Gasteiger partial charge >= 0.3 is 0 Å². The highest BCUT2D eigenvalue weighted by Gasteiger charge is 2.08. The molecule has 4 heteroatoms. The molecule has 98 valence electrons. The summed E-state index contributed by atoms with van der Waals surface area (Å²) in [4.78, 5) is 17.3. The molecule has 0 N–H and O–H groups in total. The van der Waals surface area contributed by atoms with Gasteiger partial charge in [0.25, 0.3) is 0 Å². The van der Waals surface area contributed by atoms with Gasteiger partial charge in [0, 0.05) is 22.8 Å². The van der Waals surface area contributed by atoms with Gasteiger partial charge in [0.15, 0.2) is 0 Å². The van der Waals surface area contributed by atoms with Crippen molar-refractivity contribution in [1.82, 2.24) is 4.98 Å². The van der Waals surface area contributed by atoms with Crippen molar-refractivity contribution >= 4 is 27.9 Å². The lowest BCUT2D eigenvalue weighted by atomic mass is 10.2. The van der Waals surface area contributed by atoms with Gasteiger partial charge in [-0.1, -0.05) is 6.07 Å². The van der Waals surface area contributed by atoms with Gasteiger partial charge in [0.1, 0.15) is 6.29 Å². The van der Waals surface area contributed by atoms with Crippen molar-refractivity contribution in [2.75, 3.05) is 11.9 Å². The van der Waals surface area contributed by atoms with Crippen LogP contribution in [-0.2, 0) is 6.54 Å². The minimum absolute atomic E-state index is 0.665. The smallest absolute Gasteiger partial charge is 0.150 e. The lowest BCUT2D eigenvalue weighted by Crippen LogP contribution is -2.17. The van der Waals surface area contributed by atoms with Crippen molar-refractivity contribution in [3.8, 4) is 0 Å². The molecule has 0 spiro atoms. The third-order valence-corrected chi connectivity index (χ3v) is 3.50. The first-order valence-corrected chi connectivity index (χ1v) is 6.78. The van der Waals surface area contributed by atoms with Crippen molar-refractivity contribution < 1.29 is 4.79 Å². The molecule has 0 aliphatic carbocycles. The number of hydrogen-bond acceptors (Lipinski definition) is 3. The van der Waals surface area contributed by atoms with Crippen LogP contribution in [0.3, 0.4) is 0 Å². The van der Waals surface area contributed by atoms with E-state index < -0.39 is 0 Å². The Morgan fingerprint density at radius 3 is 2.74 bits per heavy atom. The third-order valence-electron chi connectivity index (χ3n) is 2.86. The molecule has 0 aliphatic heterocycles. The van der Waals surface area contributed by atoms with E-state index >= 15 is 0 Å². The molecule has 0 aliphatic rings. The predicted octanol–water partition coefficient (Wildman–Crippen LogP) is 3.60. The van der Waals surface area contributed by atoms with Gasteiger partial charge in [-0.05, 0) is 53.2 Å². The zero-order valence-electron chi connectivity index (χ0n) is 10.9. The number of hydrogen-bond donors (Lipinski definition) is 0. The Bertz CT molecular complexity index is 598. The molecular formula is C15H15BrN2O. The molecule has 0 unspecified atom stereocenters. The van der Waals surface area contributed by atoms with Gasteiger partial charge < -0.3 is 4.90 Å². The molecule has 3 nitrogen and oxygen atoms in total. The fourth-order valence-corrected chi connectivity index (χ4v) is 2.62. The standard InChI is InChI=1S/C15H15BrN2O/c1-11-4-3-5-13(17-11)9-18(2)15-7-6-12(10-19)8-14(15)16/h3-8,10H,9H2,1-2H3. The molecule has 1 heterocycles. The Labute approximate surface area is 121 Å². The van der Waals surface area contributed by atoms with E-state index in [2.05, 4.69) is 25.8 Å². The molecule has 1 aromatic heterocycles. The Balaban J connectivity index is 2.20. The molecule has 1 aromatic carbocycles. The fourth-order valence-electron chi connectivity index (χ4n) is 1.92. The number of nitrogens with zero attached hydrogens (tertiary/aromatic N) is 2. The van der Waals surface area contributed by atoms with E-state index in [4.69, 9.17) is 0 Å². The molecule has 0 radical (unpaired) electrons. The summed E-state index contributed by atoms with van der Waals surface area (Å²) in [6, 6.07) is 11.6. The number of aryl methyl sites for hydroxylation is 1. The predicted molar refractivity (Wildman–Crippen MR) is 80.6 cm³/mol. The monoisotopic (exact) mass is 318 g/mol.